The second kappa shape index (κ2) is 7.17. The minimum absolute atomic E-state index is 0.152. The molecule has 0 saturated heterocycles. The number of unbranched alkanes of at least 4 members (excludes halogenated alkanes) is 1. The van der Waals surface area contributed by atoms with Crippen molar-refractivity contribution in [3.63, 3.8) is 0 Å². The first kappa shape index (κ1) is 14.7. The molecule has 0 atom stereocenters. The van der Waals surface area contributed by atoms with Gasteiger partial charge in [0, 0.05) is 11.3 Å². The molecule has 1 rings (SSSR count). The van der Waals surface area contributed by atoms with E-state index in [9.17, 15) is 4.79 Å². The molecule has 0 bridgehead atoms. The van der Waals surface area contributed by atoms with Gasteiger partial charge in [0.25, 0.3) is 0 Å². The van der Waals surface area contributed by atoms with Crippen molar-refractivity contribution in [3.8, 4) is 0 Å². The Balaban J connectivity index is 2.65. The van der Waals surface area contributed by atoms with Crippen LogP contribution in [0.2, 0.25) is 0 Å². The lowest BCUT2D eigenvalue weighted by Gasteiger charge is -2.19. The van der Waals surface area contributed by atoms with Gasteiger partial charge in [-0.25, -0.2) is 0 Å². The number of Topliss-reactive ketones (excluding diaryl/α,β-unsaturated/α-hetero) is 1. The highest BCUT2D eigenvalue weighted by atomic mass is 16.1. The average Bonchev–Trinajstić information content (AvgIpc) is 2.37. The Morgan fingerprint density at radius 1 is 1.33 bits per heavy atom. The number of hydrogen-bond donors (Lipinski definition) is 1. The third-order valence-corrected chi connectivity index (χ3v) is 3.24. The highest BCUT2D eigenvalue weighted by molar-refractivity contribution is 5.98. The van der Waals surface area contributed by atoms with E-state index in [0.717, 1.165) is 31.5 Å². The summed E-state index contributed by atoms with van der Waals surface area (Å²) in [6.45, 7) is 8.58. The molecule has 0 aromatic heterocycles. The van der Waals surface area contributed by atoms with Gasteiger partial charge in [0.1, 0.15) is 0 Å². The van der Waals surface area contributed by atoms with Gasteiger partial charge in [-0.3, -0.25) is 9.69 Å². The molecule has 1 aromatic carbocycles. The lowest BCUT2D eigenvalue weighted by atomic mass is 10.1. The van der Waals surface area contributed by atoms with Gasteiger partial charge in [-0.2, -0.15) is 0 Å². The number of aryl methyl sites for hydroxylation is 1. The smallest absolute Gasteiger partial charge is 0.176 e. The molecule has 0 aliphatic carbocycles. The largest absolute Gasteiger partial charge is 0.398 e. The molecule has 18 heavy (non-hydrogen) atoms. The zero-order valence-corrected chi connectivity index (χ0v) is 11.7. The summed E-state index contributed by atoms with van der Waals surface area (Å²) in [5.41, 5.74) is 8.26. The maximum atomic E-state index is 12.1. The number of rotatable bonds is 7. The van der Waals surface area contributed by atoms with Gasteiger partial charge in [-0.15, -0.1) is 0 Å². The lowest BCUT2D eigenvalue weighted by Crippen LogP contribution is -2.30. The minimum atomic E-state index is 0.152. The van der Waals surface area contributed by atoms with Crippen LogP contribution in [0.15, 0.2) is 18.2 Å². The van der Waals surface area contributed by atoms with Gasteiger partial charge in [0.2, 0.25) is 0 Å². The monoisotopic (exact) mass is 248 g/mol. The van der Waals surface area contributed by atoms with E-state index in [4.69, 9.17) is 5.73 Å². The average molecular weight is 248 g/mol. The molecular weight excluding hydrogens is 224 g/mol. The van der Waals surface area contributed by atoms with E-state index < -0.39 is 0 Å². The summed E-state index contributed by atoms with van der Waals surface area (Å²) in [6, 6.07) is 5.55. The number of nitrogens with two attached hydrogens (primary N) is 1. The molecule has 3 heteroatoms. The van der Waals surface area contributed by atoms with E-state index in [1.807, 2.05) is 19.1 Å². The Morgan fingerprint density at radius 3 is 2.61 bits per heavy atom. The van der Waals surface area contributed by atoms with E-state index >= 15 is 0 Å². The summed E-state index contributed by atoms with van der Waals surface area (Å²) >= 11 is 0. The fraction of sp³-hybridized carbons (Fsp3) is 0.533. The molecule has 0 saturated carbocycles. The second-order valence-electron chi connectivity index (χ2n) is 4.72. The van der Waals surface area contributed by atoms with Crippen molar-refractivity contribution in [2.24, 2.45) is 0 Å². The van der Waals surface area contributed by atoms with E-state index in [2.05, 4.69) is 18.7 Å². The predicted molar refractivity (Wildman–Crippen MR) is 76.9 cm³/mol. The van der Waals surface area contributed by atoms with Crippen LogP contribution in [0.4, 0.5) is 5.69 Å². The molecular formula is C15H24N2O. The SMILES string of the molecule is CCCCN(CC)CC(=O)c1ccc(C)c(N)c1. The van der Waals surface area contributed by atoms with Gasteiger partial charge < -0.3 is 5.73 Å². The molecule has 0 aliphatic rings. The van der Waals surface area contributed by atoms with E-state index in [-0.39, 0.29) is 5.78 Å². The number of hydrogen-bond acceptors (Lipinski definition) is 3. The standard InChI is InChI=1S/C15H24N2O/c1-4-6-9-17(5-2)11-15(18)13-8-7-12(3)14(16)10-13/h7-8,10H,4-6,9,11,16H2,1-3H3. The molecule has 100 valence electrons. The fourth-order valence-corrected chi connectivity index (χ4v) is 1.84. The number of nitrogen functional groups attached to an aromatic ring is 1. The zero-order chi connectivity index (χ0) is 13.5. The van der Waals surface area contributed by atoms with Crippen LogP contribution in [-0.2, 0) is 0 Å². The Labute approximate surface area is 110 Å². The quantitative estimate of drug-likeness (QED) is 0.596. The van der Waals surface area contributed by atoms with Crippen molar-refractivity contribution >= 4 is 11.5 Å². The van der Waals surface area contributed by atoms with Crippen LogP contribution in [0.5, 0.6) is 0 Å². The summed E-state index contributed by atoms with van der Waals surface area (Å²) in [7, 11) is 0. The Morgan fingerprint density at radius 2 is 2.06 bits per heavy atom. The van der Waals surface area contributed by atoms with Crippen molar-refractivity contribution in [2.45, 2.75) is 33.6 Å². The summed E-state index contributed by atoms with van der Waals surface area (Å²) in [5.74, 6) is 0.152. The molecule has 0 unspecified atom stereocenters. The third-order valence-electron chi connectivity index (χ3n) is 3.24. The van der Waals surface area contributed by atoms with Gasteiger partial charge in [-0.1, -0.05) is 32.4 Å². The van der Waals surface area contributed by atoms with Crippen molar-refractivity contribution in [1.82, 2.24) is 4.90 Å². The van der Waals surface area contributed by atoms with Crippen LogP contribution < -0.4 is 5.73 Å². The molecule has 3 nitrogen and oxygen atoms in total. The summed E-state index contributed by atoms with van der Waals surface area (Å²) < 4.78 is 0. The zero-order valence-electron chi connectivity index (χ0n) is 11.7. The molecule has 2 N–H and O–H groups in total. The highest BCUT2D eigenvalue weighted by Crippen LogP contribution is 2.13. The van der Waals surface area contributed by atoms with Gasteiger partial charge in [0.05, 0.1) is 6.54 Å². The van der Waals surface area contributed by atoms with Crippen molar-refractivity contribution in [3.05, 3.63) is 29.3 Å². The van der Waals surface area contributed by atoms with E-state index in [0.29, 0.717) is 17.8 Å². The summed E-state index contributed by atoms with van der Waals surface area (Å²) in [6.07, 6.45) is 2.29. The van der Waals surface area contributed by atoms with Crippen LogP contribution in [0.1, 0.15) is 42.6 Å². The number of nitrogens with zero attached hydrogens (tertiary/aromatic N) is 1. The molecule has 0 radical (unpaired) electrons. The van der Waals surface area contributed by atoms with Crippen LogP contribution in [-0.4, -0.2) is 30.3 Å². The number of benzene rings is 1. The second-order valence-corrected chi connectivity index (χ2v) is 4.72. The van der Waals surface area contributed by atoms with Crippen molar-refractivity contribution in [1.29, 1.82) is 0 Å². The summed E-state index contributed by atoms with van der Waals surface area (Å²) in [4.78, 5) is 14.3. The number of carbonyl (C=O) groups is 1. The first-order valence-corrected chi connectivity index (χ1v) is 6.70. The molecule has 0 aliphatic heterocycles. The molecule has 0 spiro atoms. The third kappa shape index (κ3) is 4.15. The van der Waals surface area contributed by atoms with Gasteiger partial charge in [0.15, 0.2) is 5.78 Å². The molecule has 1 aromatic rings. The molecule has 0 heterocycles. The first-order chi connectivity index (χ1) is 8.58. The number of ketones is 1. The highest BCUT2D eigenvalue weighted by Gasteiger charge is 2.11. The van der Waals surface area contributed by atoms with Crippen molar-refractivity contribution < 1.29 is 4.79 Å². The Hall–Kier alpha value is -1.35. The summed E-state index contributed by atoms with van der Waals surface area (Å²) in [5, 5.41) is 0. The van der Waals surface area contributed by atoms with Crippen LogP contribution in [0, 0.1) is 6.92 Å². The maximum Gasteiger partial charge on any atom is 0.176 e. The fourth-order valence-electron chi connectivity index (χ4n) is 1.84. The Kier molecular flexibility index (Phi) is 5.86. The molecule has 0 amide bonds. The minimum Gasteiger partial charge on any atom is -0.398 e. The molecule has 0 fully saturated rings. The predicted octanol–water partition coefficient (Wildman–Crippen LogP) is 2.88. The normalized spacial score (nSPS) is 10.9. The van der Waals surface area contributed by atoms with Crippen LogP contribution >= 0.6 is 0 Å². The number of carbonyl (C=O) groups excluding carboxylic acids is 1. The van der Waals surface area contributed by atoms with E-state index in [1.165, 1.54) is 0 Å². The number of anilines is 1. The van der Waals surface area contributed by atoms with Crippen LogP contribution in [0.3, 0.4) is 0 Å². The first-order valence-electron chi connectivity index (χ1n) is 6.70. The number of likely N-dealkylation sites (N-methyl/N-ethyl adjacent to an activating group) is 1. The van der Waals surface area contributed by atoms with Gasteiger partial charge in [-0.05, 0) is 38.1 Å². The topological polar surface area (TPSA) is 46.3 Å². The van der Waals surface area contributed by atoms with E-state index in [1.54, 1.807) is 6.07 Å². The van der Waals surface area contributed by atoms with Crippen LogP contribution in [0.25, 0.3) is 0 Å². The van der Waals surface area contributed by atoms with Crippen molar-refractivity contribution in [2.75, 3.05) is 25.4 Å². The lowest BCUT2D eigenvalue weighted by molar-refractivity contribution is 0.0933. The van der Waals surface area contributed by atoms with Gasteiger partial charge >= 0.3 is 0 Å². The maximum absolute atomic E-state index is 12.1. The Bertz CT molecular complexity index is 401.